The molecule has 6 heteroatoms. The highest BCUT2D eigenvalue weighted by atomic mass is 32.2. The predicted molar refractivity (Wildman–Crippen MR) is 123 cm³/mol. The smallest absolute Gasteiger partial charge is 0.199 e. The molecule has 1 atom stereocenters. The van der Waals surface area contributed by atoms with Gasteiger partial charge in [-0.3, -0.25) is 4.79 Å². The summed E-state index contributed by atoms with van der Waals surface area (Å²) in [4.78, 5) is 15.0. The Morgan fingerprint density at radius 1 is 1.24 bits per heavy atom. The van der Waals surface area contributed by atoms with Crippen molar-refractivity contribution >= 4 is 34.4 Å². The number of hydrogen-bond donors (Lipinski definition) is 0. The molecule has 0 spiro atoms. The van der Waals surface area contributed by atoms with E-state index in [0.29, 0.717) is 28.7 Å². The van der Waals surface area contributed by atoms with Gasteiger partial charge < -0.3 is 13.9 Å². The van der Waals surface area contributed by atoms with E-state index in [1.807, 2.05) is 39.8 Å². The lowest BCUT2D eigenvalue weighted by atomic mass is 9.83. The van der Waals surface area contributed by atoms with Gasteiger partial charge in [-0.2, -0.15) is 0 Å². The molecule has 3 rings (SSSR count). The number of hydrogen-bond acceptors (Lipinski definition) is 5. The first-order valence-electron chi connectivity index (χ1n) is 10.2. The monoisotopic (exact) mass is 416 g/mol. The second kappa shape index (κ2) is 8.15. The molecule has 0 bridgehead atoms. The zero-order valence-electron chi connectivity index (χ0n) is 18.4. The van der Waals surface area contributed by atoms with Crippen LogP contribution in [-0.2, 0) is 17.8 Å². The lowest BCUT2D eigenvalue weighted by Crippen LogP contribution is -2.37. The van der Waals surface area contributed by atoms with Crippen LogP contribution in [0.1, 0.15) is 58.6 Å². The van der Waals surface area contributed by atoms with E-state index in [0.717, 1.165) is 37.1 Å². The summed E-state index contributed by atoms with van der Waals surface area (Å²) in [6.45, 7) is 14.0. The summed E-state index contributed by atoms with van der Waals surface area (Å²) in [7, 11) is 0. The standard InChI is InChI=1S/C23H32N2O3S/c1-16-13-17(7-10-24-29(27)22(2,3)4)21-18(14-16)19(26)15-20(28-21)25-11-8-23(5,6)9-12-25/h10,13-15H,7-9,11-12H2,1-6H3. The Bertz CT molecular complexity index is 962. The maximum Gasteiger partial charge on any atom is 0.199 e. The third-order valence-corrected chi connectivity index (χ3v) is 6.86. The summed E-state index contributed by atoms with van der Waals surface area (Å²) in [6.07, 6.45) is 4.28. The summed E-state index contributed by atoms with van der Waals surface area (Å²) in [6, 6.07) is 5.51. The maximum absolute atomic E-state index is 12.8. The van der Waals surface area contributed by atoms with Gasteiger partial charge in [0.05, 0.1) is 11.6 Å². The first kappa shape index (κ1) is 21.9. The zero-order valence-corrected chi connectivity index (χ0v) is 19.2. The highest BCUT2D eigenvalue weighted by Crippen LogP contribution is 2.33. The van der Waals surface area contributed by atoms with E-state index in [2.05, 4.69) is 23.1 Å². The number of aryl methyl sites for hydroxylation is 1. The van der Waals surface area contributed by atoms with Crippen molar-refractivity contribution in [1.82, 2.24) is 0 Å². The average Bonchev–Trinajstić information content (AvgIpc) is 2.61. The normalized spacial score (nSPS) is 18.5. The van der Waals surface area contributed by atoms with E-state index < -0.39 is 16.1 Å². The molecule has 1 aromatic carbocycles. The highest BCUT2D eigenvalue weighted by molar-refractivity contribution is 7.91. The van der Waals surface area contributed by atoms with Crippen LogP contribution >= 0.6 is 0 Å². The third-order valence-electron chi connectivity index (χ3n) is 5.47. The molecule has 1 aromatic heterocycles. The number of benzene rings is 1. The molecule has 2 heterocycles. The van der Waals surface area contributed by atoms with Gasteiger partial charge in [-0.05, 0) is 57.6 Å². The number of nitrogens with zero attached hydrogens (tertiary/aromatic N) is 2. The summed E-state index contributed by atoms with van der Waals surface area (Å²) in [5, 5.41) is 0.589. The molecular weight excluding hydrogens is 384 g/mol. The summed E-state index contributed by atoms with van der Waals surface area (Å²) in [5.74, 6) is 0.637. The van der Waals surface area contributed by atoms with Crippen LogP contribution in [0.25, 0.3) is 11.0 Å². The van der Waals surface area contributed by atoms with Crippen molar-refractivity contribution in [2.75, 3.05) is 18.0 Å². The minimum atomic E-state index is -1.30. The molecule has 5 nitrogen and oxygen atoms in total. The topological polar surface area (TPSA) is 68.9 Å². The van der Waals surface area contributed by atoms with Gasteiger partial charge in [-0.1, -0.05) is 24.3 Å². The van der Waals surface area contributed by atoms with Gasteiger partial charge in [0.25, 0.3) is 0 Å². The van der Waals surface area contributed by atoms with Gasteiger partial charge in [0.15, 0.2) is 11.3 Å². The lowest BCUT2D eigenvalue weighted by molar-refractivity contribution is 0.274. The molecule has 1 saturated heterocycles. The highest BCUT2D eigenvalue weighted by Gasteiger charge is 2.27. The maximum atomic E-state index is 12.8. The van der Waals surface area contributed by atoms with Crippen LogP contribution in [0.4, 0.5) is 5.88 Å². The molecule has 0 saturated carbocycles. The van der Waals surface area contributed by atoms with Crippen molar-refractivity contribution in [3.8, 4) is 0 Å². The quantitative estimate of drug-likeness (QED) is 0.530. The predicted octanol–water partition coefficient (Wildman–Crippen LogP) is 4.80. The zero-order chi connectivity index (χ0) is 21.4. The van der Waals surface area contributed by atoms with Crippen LogP contribution in [-0.4, -0.2) is 28.6 Å². The number of rotatable bonds is 4. The van der Waals surface area contributed by atoms with Crippen molar-refractivity contribution in [2.24, 2.45) is 9.81 Å². The fourth-order valence-corrected chi connectivity index (χ4v) is 4.00. The number of anilines is 1. The van der Waals surface area contributed by atoms with Crippen LogP contribution in [0.15, 0.2) is 31.8 Å². The van der Waals surface area contributed by atoms with Crippen LogP contribution in [0.2, 0.25) is 0 Å². The summed E-state index contributed by atoms with van der Waals surface area (Å²) >= 11 is -1.30. The van der Waals surface area contributed by atoms with Crippen LogP contribution in [0.3, 0.4) is 0 Å². The van der Waals surface area contributed by atoms with Crippen molar-refractivity contribution in [2.45, 2.75) is 65.6 Å². The SMILES string of the molecule is Cc1cc(CC=N[S+]([O-])C(C)(C)C)c2oc(N3CCC(C)(C)CC3)cc(=O)c2c1. The summed E-state index contributed by atoms with van der Waals surface area (Å²) in [5.41, 5.74) is 2.81. The van der Waals surface area contributed by atoms with Crippen molar-refractivity contribution in [1.29, 1.82) is 0 Å². The molecular formula is C23H32N2O3S. The second-order valence-electron chi connectivity index (χ2n) is 9.75. The Kier molecular flexibility index (Phi) is 6.16. The fourth-order valence-electron chi connectivity index (χ4n) is 3.48. The molecule has 29 heavy (non-hydrogen) atoms. The van der Waals surface area contributed by atoms with Gasteiger partial charge >= 0.3 is 0 Å². The average molecular weight is 417 g/mol. The molecule has 0 radical (unpaired) electrons. The molecule has 1 unspecified atom stereocenters. The van der Waals surface area contributed by atoms with Crippen molar-refractivity contribution in [3.05, 3.63) is 39.5 Å². The van der Waals surface area contributed by atoms with E-state index in [9.17, 15) is 9.35 Å². The molecule has 0 amide bonds. The van der Waals surface area contributed by atoms with E-state index in [1.165, 1.54) is 0 Å². The van der Waals surface area contributed by atoms with Crippen molar-refractivity contribution in [3.63, 3.8) is 0 Å². The largest absolute Gasteiger partial charge is 0.591 e. The van der Waals surface area contributed by atoms with Gasteiger partial charge in [0.2, 0.25) is 0 Å². The van der Waals surface area contributed by atoms with Crippen molar-refractivity contribution < 1.29 is 8.97 Å². The Hall–Kier alpha value is -1.79. The second-order valence-corrected chi connectivity index (χ2v) is 11.7. The molecule has 1 aliphatic rings. The molecule has 1 aliphatic heterocycles. The molecule has 0 N–H and O–H groups in total. The Labute approximate surface area is 176 Å². The fraction of sp³-hybridized carbons (Fsp3) is 0.565. The first-order chi connectivity index (χ1) is 13.5. The van der Waals surface area contributed by atoms with Crippen LogP contribution in [0.5, 0.6) is 0 Å². The number of piperidine rings is 1. The molecule has 1 fully saturated rings. The van der Waals surface area contributed by atoms with Gasteiger partial charge in [0.1, 0.15) is 21.7 Å². The minimum Gasteiger partial charge on any atom is -0.591 e. The number of fused-ring (bicyclic) bond motifs is 1. The van der Waals surface area contributed by atoms with E-state index in [4.69, 9.17) is 4.42 Å². The Balaban J connectivity index is 1.94. The molecule has 2 aromatic rings. The Morgan fingerprint density at radius 2 is 1.90 bits per heavy atom. The van der Waals surface area contributed by atoms with E-state index in [1.54, 1.807) is 12.3 Å². The van der Waals surface area contributed by atoms with Gasteiger partial charge in [-0.25, -0.2) is 0 Å². The molecule has 0 aliphatic carbocycles. The van der Waals surface area contributed by atoms with Crippen LogP contribution in [0, 0.1) is 12.3 Å². The van der Waals surface area contributed by atoms with Gasteiger partial charge in [0, 0.05) is 31.1 Å². The minimum absolute atomic E-state index is 0.0220. The van der Waals surface area contributed by atoms with E-state index >= 15 is 0 Å². The molecule has 158 valence electrons. The lowest BCUT2D eigenvalue weighted by Gasteiger charge is -2.37. The van der Waals surface area contributed by atoms with Crippen LogP contribution < -0.4 is 10.3 Å². The summed E-state index contributed by atoms with van der Waals surface area (Å²) < 4.78 is 22.2. The Morgan fingerprint density at radius 3 is 2.52 bits per heavy atom. The third kappa shape index (κ3) is 5.23. The van der Waals surface area contributed by atoms with Gasteiger partial charge in [-0.15, -0.1) is 0 Å². The first-order valence-corrected chi connectivity index (χ1v) is 11.3. The van der Waals surface area contributed by atoms with E-state index in [-0.39, 0.29) is 5.43 Å².